The van der Waals surface area contributed by atoms with Crippen LogP contribution in [0.2, 0.25) is 0 Å². The van der Waals surface area contributed by atoms with Gasteiger partial charge in [-0.1, -0.05) is 36.4 Å². The van der Waals surface area contributed by atoms with Crippen LogP contribution >= 0.6 is 0 Å². The predicted octanol–water partition coefficient (Wildman–Crippen LogP) is 4.71. The van der Waals surface area contributed by atoms with E-state index in [9.17, 15) is 19.2 Å². The summed E-state index contributed by atoms with van der Waals surface area (Å²) in [6.45, 7) is 1.55. The maximum atomic E-state index is 13.2. The number of hydrogen-bond acceptors (Lipinski definition) is 3. The second-order valence-electron chi connectivity index (χ2n) is 7.88. The van der Waals surface area contributed by atoms with Crippen molar-refractivity contribution in [1.29, 1.82) is 5.26 Å². The predicted molar refractivity (Wildman–Crippen MR) is 124 cm³/mol. The third-order valence-electron chi connectivity index (χ3n) is 5.53. The lowest BCUT2D eigenvalue weighted by Gasteiger charge is -2.36. The van der Waals surface area contributed by atoms with Crippen molar-refractivity contribution in [2.75, 3.05) is 23.3 Å². The van der Waals surface area contributed by atoms with Gasteiger partial charge in [0.2, 0.25) is 5.91 Å². The third kappa shape index (κ3) is 5.36. The average molecular weight is 442 g/mol. The molecule has 0 aromatic heterocycles. The Kier molecular flexibility index (Phi) is 6.65. The van der Waals surface area contributed by atoms with Gasteiger partial charge < -0.3 is 10.2 Å². The van der Waals surface area contributed by atoms with Gasteiger partial charge in [-0.2, -0.15) is 5.26 Å². The number of halogens is 1. The Morgan fingerprint density at radius 3 is 2.61 bits per heavy atom. The first-order chi connectivity index (χ1) is 16.0. The van der Waals surface area contributed by atoms with Crippen molar-refractivity contribution in [1.82, 2.24) is 4.90 Å². The molecule has 3 amide bonds. The first-order valence-corrected chi connectivity index (χ1v) is 10.7. The minimum Gasteiger partial charge on any atom is -0.326 e. The van der Waals surface area contributed by atoms with Crippen LogP contribution in [0.1, 0.15) is 23.1 Å². The van der Waals surface area contributed by atoms with Crippen LogP contribution in [-0.2, 0) is 17.8 Å². The molecule has 7 heteroatoms. The second kappa shape index (κ2) is 9.96. The molecule has 0 saturated carbocycles. The van der Waals surface area contributed by atoms with E-state index >= 15 is 0 Å². The van der Waals surface area contributed by atoms with Gasteiger partial charge in [-0.3, -0.25) is 9.69 Å². The van der Waals surface area contributed by atoms with Crippen molar-refractivity contribution in [2.45, 2.75) is 19.4 Å². The quantitative estimate of drug-likeness (QED) is 0.601. The number of carbonyl (C=O) groups excluding carboxylic acids is 2. The van der Waals surface area contributed by atoms with Gasteiger partial charge in [0.25, 0.3) is 0 Å². The van der Waals surface area contributed by atoms with Crippen molar-refractivity contribution < 1.29 is 14.0 Å². The molecule has 1 saturated heterocycles. The number of rotatable bonds is 6. The lowest BCUT2D eigenvalue weighted by atomic mass is 10.1. The van der Waals surface area contributed by atoms with Gasteiger partial charge in [-0.15, -0.1) is 0 Å². The first-order valence-electron chi connectivity index (χ1n) is 10.7. The summed E-state index contributed by atoms with van der Waals surface area (Å²) in [7, 11) is 0. The SMILES string of the molecule is N#Cc1ccccc1CN1CCCN(c2cccc(NC(=O)Cc3ccc(F)cc3)c2)C1=O. The van der Waals surface area contributed by atoms with Crippen LogP contribution in [0, 0.1) is 17.1 Å². The summed E-state index contributed by atoms with van der Waals surface area (Å²) < 4.78 is 13.1. The van der Waals surface area contributed by atoms with Gasteiger partial charge in [0.15, 0.2) is 0 Å². The van der Waals surface area contributed by atoms with Crippen LogP contribution in [0.5, 0.6) is 0 Å². The molecule has 1 aliphatic heterocycles. The van der Waals surface area contributed by atoms with Crippen LogP contribution in [-0.4, -0.2) is 29.9 Å². The average Bonchev–Trinajstić information content (AvgIpc) is 2.82. The summed E-state index contributed by atoms with van der Waals surface area (Å²) in [5.41, 5.74) is 3.37. The van der Waals surface area contributed by atoms with Crippen LogP contribution in [0.25, 0.3) is 0 Å². The molecule has 3 aromatic rings. The number of nitriles is 1. The normalized spacial score (nSPS) is 13.5. The van der Waals surface area contributed by atoms with Crippen LogP contribution in [0.3, 0.4) is 0 Å². The lowest BCUT2D eigenvalue weighted by Crippen LogP contribution is -2.49. The molecule has 3 aromatic carbocycles. The Balaban J connectivity index is 1.44. The van der Waals surface area contributed by atoms with Gasteiger partial charge in [0.1, 0.15) is 5.82 Å². The molecule has 1 heterocycles. The fourth-order valence-electron chi connectivity index (χ4n) is 3.89. The van der Waals surface area contributed by atoms with Crippen molar-refractivity contribution in [2.24, 2.45) is 0 Å². The number of hydrogen-bond donors (Lipinski definition) is 1. The fraction of sp³-hybridized carbons (Fsp3) is 0.192. The van der Waals surface area contributed by atoms with Crippen molar-refractivity contribution in [3.8, 4) is 6.07 Å². The smallest absolute Gasteiger partial charge is 0.324 e. The van der Waals surface area contributed by atoms with E-state index < -0.39 is 0 Å². The zero-order chi connectivity index (χ0) is 23.2. The monoisotopic (exact) mass is 442 g/mol. The number of nitrogens with one attached hydrogen (secondary N) is 1. The highest BCUT2D eigenvalue weighted by atomic mass is 19.1. The summed E-state index contributed by atoms with van der Waals surface area (Å²) in [6.07, 6.45) is 0.918. The molecule has 0 unspecified atom stereocenters. The Bertz CT molecular complexity index is 1200. The zero-order valence-corrected chi connectivity index (χ0v) is 18.0. The Morgan fingerprint density at radius 1 is 1.03 bits per heavy atom. The van der Waals surface area contributed by atoms with E-state index in [0.29, 0.717) is 42.1 Å². The highest BCUT2D eigenvalue weighted by molar-refractivity contribution is 5.95. The highest BCUT2D eigenvalue weighted by Crippen LogP contribution is 2.25. The van der Waals surface area contributed by atoms with Gasteiger partial charge >= 0.3 is 6.03 Å². The van der Waals surface area contributed by atoms with E-state index in [1.54, 1.807) is 46.2 Å². The minimum atomic E-state index is -0.344. The maximum Gasteiger partial charge on any atom is 0.324 e. The topological polar surface area (TPSA) is 76.4 Å². The lowest BCUT2D eigenvalue weighted by molar-refractivity contribution is -0.115. The van der Waals surface area contributed by atoms with Gasteiger partial charge in [-0.25, -0.2) is 9.18 Å². The van der Waals surface area contributed by atoms with Crippen LogP contribution in [0.4, 0.5) is 20.6 Å². The Labute approximate surface area is 191 Å². The van der Waals surface area contributed by atoms with E-state index in [1.165, 1.54) is 12.1 Å². The van der Waals surface area contributed by atoms with Gasteiger partial charge in [0, 0.05) is 31.0 Å². The number of benzene rings is 3. The zero-order valence-electron chi connectivity index (χ0n) is 18.0. The first kappa shape index (κ1) is 22.0. The van der Waals surface area contributed by atoms with Gasteiger partial charge in [0.05, 0.1) is 18.1 Å². The Morgan fingerprint density at radius 2 is 1.82 bits per heavy atom. The molecule has 1 N–H and O–H groups in total. The number of nitrogens with zero attached hydrogens (tertiary/aromatic N) is 3. The molecule has 0 aliphatic carbocycles. The molecular weight excluding hydrogens is 419 g/mol. The van der Waals surface area contributed by atoms with Gasteiger partial charge in [-0.05, 0) is 53.9 Å². The summed E-state index contributed by atoms with van der Waals surface area (Å²) in [5.74, 6) is -0.568. The number of amides is 3. The molecular formula is C26H23FN4O2. The molecule has 0 spiro atoms. The molecule has 0 radical (unpaired) electrons. The fourth-order valence-corrected chi connectivity index (χ4v) is 3.89. The summed E-state index contributed by atoms with van der Waals surface area (Å²) in [4.78, 5) is 29.0. The van der Waals surface area contributed by atoms with E-state index in [-0.39, 0.29) is 24.2 Å². The summed E-state index contributed by atoms with van der Waals surface area (Å²) in [6, 6.07) is 22.3. The van der Waals surface area contributed by atoms with E-state index in [0.717, 1.165) is 12.0 Å². The summed E-state index contributed by atoms with van der Waals surface area (Å²) in [5, 5.41) is 12.2. The molecule has 1 fully saturated rings. The molecule has 0 atom stereocenters. The third-order valence-corrected chi connectivity index (χ3v) is 5.53. The number of carbonyl (C=O) groups is 2. The van der Waals surface area contributed by atoms with Crippen molar-refractivity contribution in [3.63, 3.8) is 0 Å². The van der Waals surface area contributed by atoms with Crippen LogP contribution < -0.4 is 10.2 Å². The minimum absolute atomic E-state index is 0.124. The largest absolute Gasteiger partial charge is 0.326 e. The standard InChI is InChI=1S/C26H23FN4O2/c27-22-11-9-19(10-12-22)15-25(32)29-23-7-3-8-24(16-23)31-14-4-13-30(26(31)33)18-21-6-2-1-5-20(21)17-28/h1-3,5-12,16H,4,13-15,18H2,(H,29,32). The van der Waals surface area contributed by atoms with E-state index in [2.05, 4.69) is 11.4 Å². The molecule has 33 heavy (non-hydrogen) atoms. The van der Waals surface area contributed by atoms with Crippen molar-refractivity contribution in [3.05, 3.63) is 95.3 Å². The van der Waals surface area contributed by atoms with E-state index in [1.807, 2.05) is 24.3 Å². The number of urea groups is 1. The second-order valence-corrected chi connectivity index (χ2v) is 7.88. The number of anilines is 2. The molecule has 0 bridgehead atoms. The molecule has 166 valence electrons. The molecule has 1 aliphatic rings. The van der Waals surface area contributed by atoms with E-state index in [4.69, 9.17) is 0 Å². The Hall–Kier alpha value is -4.18. The maximum absolute atomic E-state index is 13.2. The van der Waals surface area contributed by atoms with Crippen molar-refractivity contribution >= 4 is 23.3 Å². The highest BCUT2D eigenvalue weighted by Gasteiger charge is 2.27. The van der Waals surface area contributed by atoms with Crippen LogP contribution in [0.15, 0.2) is 72.8 Å². The molecule has 4 rings (SSSR count). The molecule has 6 nitrogen and oxygen atoms in total. The summed E-state index contributed by atoms with van der Waals surface area (Å²) >= 11 is 0.